The maximum atomic E-state index is 10.9. The average molecular weight is 292 g/mol. The van der Waals surface area contributed by atoms with Gasteiger partial charge in [-0.05, 0) is 42.9 Å². The minimum absolute atomic E-state index is 0.247. The SMILES string of the molecule is C/C(=C1\CCCC[C@@H]1[C@H](O)c1ccccc1)c1ccccc1. The van der Waals surface area contributed by atoms with Crippen LogP contribution in [0.5, 0.6) is 0 Å². The topological polar surface area (TPSA) is 20.2 Å². The number of aliphatic hydroxyl groups excluding tert-OH is 1. The summed E-state index contributed by atoms with van der Waals surface area (Å²) in [5.41, 5.74) is 5.10. The summed E-state index contributed by atoms with van der Waals surface area (Å²) in [6.07, 6.45) is 4.23. The first-order chi connectivity index (χ1) is 10.8. The number of rotatable bonds is 3. The molecule has 1 saturated carbocycles. The maximum absolute atomic E-state index is 10.9. The Kier molecular flexibility index (Phi) is 4.74. The van der Waals surface area contributed by atoms with Gasteiger partial charge in [-0.1, -0.05) is 72.7 Å². The molecule has 0 heterocycles. The minimum atomic E-state index is -0.393. The van der Waals surface area contributed by atoms with Crippen molar-refractivity contribution in [3.05, 3.63) is 77.4 Å². The van der Waals surface area contributed by atoms with Crippen molar-refractivity contribution in [3.8, 4) is 0 Å². The lowest BCUT2D eigenvalue weighted by Crippen LogP contribution is -2.19. The summed E-state index contributed by atoms with van der Waals surface area (Å²) in [5.74, 6) is 0.247. The Balaban J connectivity index is 1.95. The van der Waals surface area contributed by atoms with Gasteiger partial charge in [0.1, 0.15) is 0 Å². The van der Waals surface area contributed by atoms with E-state index in [0.29, 0.717) is 0 Å². The van der Waals surface area contributed by atoms with E-state index in [4.69, 9.17) is 0 Å². The Labute approximate surface area is 133 Å². The van der Waals surface area contributed by atoms with Crippen molar-refractivity contribution in [3.63, 3.8) is 0 Å². The second-order valence-electron chi connectivity index (χ2n) is 6.22. The second-order valence-corrected chi connectivity index (χ2v) is 6.22. The molecular formula is C21H24O. The monoisotopic (exact) mass is 292 g/mol. The van der Waals surface area contributed by atoms with Gasteiger partial charge in [-0.3, -0.25) is 0 Å². The van der Waals surface area contributed by atoms with Crippen molar-refractivity contribution in [2.45, 2.75) is 38.7 Å². The predicted molar refractivity (Wildman–Crippen MR) is 92.4 cm³/mol. The van der Waals surface area contributed by atoms with Crippen LogP contribution in [0, 0.1) is 5.92 Å². The average Bonchev–Trinajstić information content (AvgIpc) is 2.62. The molecule has 1 aliphatic rings. The molecule has 1 nitrogen and oxygen atoms in total. The van der Waals surface area contributed by atoms with E-state index in [0.717, 1.165) is 18.4 Å². The Bertz CT molecular complexity index is 627. The predicted octanol–water partition coefficient (Wildman–Crippen LogP) is 5.38. The fraction of sp³-hybridized carbons (Fsp3) is 0.333. The van der Waals surface area contributed by atoms with E-state index in [2.05, 4.69) is 37.3 Å². The fourth-order valence-electron chi connectivity index (χ4n) is 3.61. The summed E-state index contributed by atoms with van der Waals surface area (Å²) in [7, 11) is 0. The summed E-state index contributed by atoms with van der Waals surface area (Å²) in [5, 5.41) is 10.9. The Hall–Kier alpha value is -1.86. The van der Waals surface area contributed by atoms with E-state index in [1.807, 2.05) is 30.3 Å². The van der Waals surface area contributed by atoms with Crippen LogP contribution >= 0.6 is 0 Å². The molecule has 1 N–H and O–H groups in total. The zero-order chi connectivity index (χ0) is 15.4. The molecule has 0 spiro atoms. The molecule has 2 aromatic carbocycles. The van der Waals surface area contributed by atoms with Gasteiger partial charge in [0.15, 0.2) is 0 Å². The first-order valence-corrected chi connectivity index (χ1v) is 8.25. The molecule has 3 rings (SSSR count). The van der Waals surface area contributed by atoms with E-state index < -0.39 is 6.10 Å². The third-order valence-corrected chi connectivity index (χ3v) is 4.87. The Morgan fingerprint density at radius 3 is 2.27 bits per heavy atom. The van der Waals surface area contributed by atoms with E-state index >= 15 is 0 Å². The smallest absolute Gasteiger partial charge is 0.0855 e. The van der Waals surface area contributed by atoms with Gasteiger partial charge < -0.3 is 5.11 Å². The summed E-state index contributed by atoms with van der Waals surface area (Å²) < 4.78 is 0. The molecule has 2 aromatic rings. The third-order valence-electron chi connectivity index (χ3n) is 4.87. The third kappa shape index (κ3) is 3.15. The van der Waals surface area contributed by atoms with Gasteiger partial charge in [0, 0.05) is 5.92 Å². The molecule has 0 aliphatic heterocycles. The molecule has 0 bridgehead atoms. The Morgan fingerprint density at radius 2 is 1.59 bits per heavy atom. The van der Waals surface area contributed by atoms with Crippen LogP contribution in [0.25, 0.3) is 5.57 Å². The van der Waals surface area contributed by atoms with Crippen LogP contribution in [0.15, 0.2) is 66.2 Å². The number of hydrogen-bond acceptors (Lipinski definition) is 1. The molecule has 1 heteroatoms. The van der Waals surface area contributed by atoms with Crippen molar-refractivity contribution in [1.29, 1.82) is 0 Å². The van der Waals surface area contributed by atoms with Gasteiger partial charge in [-0.25, -0.2) is 0 Å². The van der Waals surface area contributed by atoms with E-state index in [-0.39, 0.29) is 5.92 Å². The highest BCUT2D eigenvalue weighted by Crippen LogP contribution is 2.41. The van der Waals surface area contributed by atoms with Crippen LogP contribution in [-0.2, 0) is 0 Å². The number of benzene rings is 2. The zero-order valence-corrected chi connectivity index (χ0v) is 13.2. The highest BCUT2D eigenvalue weighted by molar-refractivity contribution is 5.67. The van der Waals surface area contributed by atoms with Crippen LogP contribution in [-0.4, -0.2) is 5.11 Å². The maximum Gasteiger partial charge on any atom is 0.0855 e. The molecule has 22 heavy (non-hydrogen) atoms. The van der Waals surface area contributed by atoms with E-state index in [9.17, 15) is 5.11 Å². The van der Waals surface area contributed by atoms with Gasteiger partial charge in [0.25, 0.3) is 0 Å². The lowest BCUT2D eigenvalue weighted by molar-refractivity contribution is 0.112. The number of allylic oxidation sites excluding steroid dienone is 1. The lowest BCUT2D eigenvalue weighted by atomic mass is 9.76. The van der Waals surface area contributed by atoms with Crippen molar-refractivity contribution in [2.75, 3.05) is 0 Å². The quantitative estimate of drug-likeness (QED) is 0.804. The molecule has 0 amide bonds. The number of hydrogen-bond donors (Lipinski definition) is 1. The van der Waals surface area contributed by atoms with Crippen molar-refractivity contribution < 1.29 is 5.11 Å². The molecule has 0 unspecified atom stereocenters. The van der Waals surface area contributed by atoms with Crippen LogP contribution < -0.4 is 0 Å². The molecule has 0 saturated heterocycles. The summed E-state index contributed by atoms with van der Waals surface area (Å²) in [4.78, 5) is 0. The van der Waals surface area contributed by atoms with Gasteiger partial charge in [0.2, 0.25) is 0 Å². The van der Waals surface area contributed by atoms with Crippen molar-refractivity contribution in [2.24, 2.45) is 5.92 Å². The summed E-state index contributed by atoms with van der Waals surface area (Å²) >= 11 is 0. The van der Waals surface area contributed by atoms with Gasteiger partial charge >= 0.3 is 0 Å². The normalized spacial score (nSPS) is 22.2. The van der Waals surface area contributed by atoms with E-state index in [1.54, 1.807) is 0 Å². The van der Waals surface area contributed by atoms with Gasteiger partial charge in [-0.2, -0.15) is 0 Å². The van der Waals surface area contributed by atoms with Crippen molar-refractivity contribution >= 4 is 5.57 Å². The largest absolute Gasteiger partial charge is 0.388 e. The van der Waals surface area contributed by atoms with Gasteiger partial charge in [-0.15, -0.1) is 0 Å². The highest BCUT2D eigenvalue weighted by Gasteiger charge is 2.28. The van der Waals surface area contributed by atoms with Crippen LogP contribution in [0.1, 0.15) is 49.8 Å². The first kappa shape index (κ1) is 15.1. The minimum Gasteiger partial charge on any atom is -0.388 e. The molecule has 0 radical (unpaired) electrons. The van der Waals surface area contributed by atoms with Gasteiger partial charge in [0.05, 0.1) is 6.10 Å². The standard InChI is InChI=1S/C21H24O/c1-16(17-10-4-2-5-11-17)19-14-8-9-15-20(19)21(22)18-12-6-3-7-13-18/h2-7,10-13,20-22H,8-9,14-15H2,1H3/b19-16-/t20-,21+/m0/s1. The lowest BCUT2D eigenvalue weighted by Gasteiger charge is -2.32. The van der Waals surface area contributed by atoms with Crippen LogP contribution in [0.4, 0.5) is 0 Å². The highest BCUT2D eigenvalue weighted by atomic mass is 16.3. The zero-order valence-electron chi connectivity index (χ0n) is 13.2. The molecular weight excluding hydrogens is 268 g/mol. The molecule has 0 aromatic heterocycles. The Morgan fingerprint density at radius 1 is 0.955 bits per heavy atom. The summed E-state index contributed by atoms with van der Waals surface area (Å²) in [6.45, 7) is 2.21. The second kappa shape index (κ2) is 6.93. The summed E-state index contributed by atoms with van der Waals surface area (Å²) in [6, 6.07) is 20.7. The number of aliphatic hydroxyl groups is 1. The fourth-order valence-corrected chi connectivity index (χ4v) is 3.61. The molecule has 1 fully saturated rings. The van der Waals surface area contributed by atoms with Crippen molar-refractivity contribution in [1.82, 2.24) is 0 Å². The first-order valence-electron chi connectivity index (χ1n) is 8.25. The molecule has 2 atom stereocenters. The van der Waals surface area contributed by atoms with Crippen LogP contribution in [0.3, 0.4) is 0 Å². The molecule has 114 valence electrons. The van der Waals surface area contributed by atoms with E-state index in [1.165, 1.54) is 29.6 Å². The molecule has 1 aliphatic carbocycles. The van der Waals surface area contributed by atoms with Crippen LogP contribution in [0.2, 0.25) is 0 Å².